The third-order valence-electron chi connectivity index (χ3n) is 3.68. The first-order chi connectivity index (χ1) is 13.2. The smallest absolute Gasteiger partial charge is 0.234 e. The number of thioether (sulfide) groups is 1. The second-order valence-corrected chi connectivity index (χ2v) is 7.45. The number of hydrogen-bond donors (Lipinski definition) is 1. The van der Waals surface area contributed by atoms with E-state index < -0.39 is 0 Å². The lowest BCUT2D eigenvalue weighted by molar-refractivity contribution is -0.113. The summed E-state index contributed by atoms with van der Waals surface area (Å²) in [6.07, 6.45) is 0. The number of ether oxygens (including phenoxy) is 1. The van der Waals surface area contributed by atoms with Crippen LogP contribution in [0.5, 0.6) is 5.75 Å². The van der Waals surface area contributed by atoms with Gasteiger partial charge in [-0.25, -0.2) is 0 Å². The van der Waals surface area contributed by atoms with Crippen molar-refractivity contribution in [2.75, 3.05) is 11.1 Å². The first-order valence-corrected chi connectivity index (χ1v) is 10.2. The standard InChI is InChI=1S/C19H19BrN4O2S/c1-2-24-17(12-26-16-6-4-3-5-7-16)22-23-19(24)27-13-18(25)21-15-10-8-14(20)9-11-15/h3-11H,2,12-13H2,1H3,(H,21,25). The van der Waals surface area contributed by atoms with Gasteiger partial charge >= 0.3 is 0 Å². The molecule has 0 spiro atoms. The zero-order valence-corrected chi connectivity index (χ0v) is 17.2. The number of carbonyl (C=O) groups is 1. The van der Waals surface area contributed by atoms with Crippen LogP contribution in [-0.2, 0) is 17.9 Å². The first kappa shape index (κ1) is 19.4. The highest BCUT2D eigenvalue weighted by atomic mass is 79.9. The Hall–Kier alpha value is -2.32. The van der Waals surface area contributed by atoms with Crippen molar-refractivity contribution in [1.29, 1.82) is 0 Å². The van der Waals surface area contributed by atoms with Crippen LogP contribution in [0, 0.1) is 0 Å². The van der Waals surface area contributed by atoms with E-state index in [0.29, 0.717) is 18.3 Å². The molecule has 0 saturated carbocycles. The maximum absolute atomic E-state index is 12.2. The van der Waals surface area contributed by atoms with Gasteiger partial charge in [0.15, 0.2) is 11.0 Å². The summed E-state index contributed by atoms with van der Waals surface area (Å²) < 4.78 is 8.67. The highest BCUT2D eigenvalue weighted by Gasteiger charge is 2.14. The molecular formula is C19H19BrN4O2S. The van der Waals surface area contributed by atoms with Crippen LogP contribution in [0.15, 0.2) is 64.2 Å². The fourth-order valence-corrected chi connectivity index (χ4v) is 3.46. The van der Waals surface area contributed by atoms with E-state index in [1.807, 2.05) is 66.1 Å². The molecule has 0 aliphatic rings. The van der Waals surface area contributed by atoms with Gasteiger partial charge in [-0.05, 0) is 43.3 Å². The van der Waals surface area contributed by atoms with Gasteiger partial charge in [0.2, 0.25) is 5.91 Å². The largest absolute Gasteiger partial charge is 0.486 e. The van der Waals surface area contributed by atoms with Crippen molar-refractivity contribution >= 4 is 39.3 Å². The maximum atomic E-state index is 12.2. The summed E-state index contributed by atoms with van der Waals surface area (Å²) >= 11 is 4.73. The molecule has 0 aliphatic heterocycles. The van der Waals surface area contributed by atoms with Crippen molar-refractivity contribution in [2.45, 2.75) is 25.2 Å². The maximum Gasteiger partial charge on any atom is 0.234 e. The van der Waals surface area contributed by atoms with Crippen molar-refractivity contribution in [3.8, 4) is 5.75 Å². The molecule has 3 rings (SSSR count). The van der Waals surface area contributed by atoms with Gasteiger partial charge in [0.25, 0.3) is 0 Å². The van der Waals surface area contributed by atoms with E-state index in [4.69, 9.17) is 4.74 Å². The number of halogens is 1. The van der Waals surface area contributed by atoms with Crippen LogP contribution in [-0.4, -0.2) is 26.4 Å². The number of carbonyl (C=O) groups excluding carboxylic acids is 1. The predicted octanol–water partition coefficient (Wildman–Crippen LogP) is 4.37. The second kappa shape index (κ2) is 9.57. The summed E-state index contributed by atoms with van der Waals surface area (Å²) in [5, 5.41) is 12.0. The quantitative estimate of drug-likeness (QED) is 0.520. The second-order valence-electron chi connectivity index (χ2n) is 5.59. The van der Waals surface area contributed by atoms with Gasteiger partial charge in [-0.2, -0.15) is 0 Å². The Bertz CT molecular complexity index is 884. The Labute approximate surface area is 170 Å². The van der Waals surface area contributed by atoms with Gasteiger partial charge in [0.05, 0.1) is 5.75 Å². The molecule has 6 nitrogen and oxygen atoms in total. The SMILES string of the molecule is CCn1c(COc2ccccc2)nnc1SCC(=O)Nc1ccc(Br)cc1. The van der Waals surface area contributed by atoms with Crippen molar-refractivity contribution in [3.63, 3.8) is 0 Å². The van der Waals surface area contributed by atoms with Crippen molar-refractivity contribution in [2.24, 2.45) is 0 Å². The van der Waals surface area contributed by atoms with E-state index in [1.165, 1.54) is 11.8 Å². The molecule has 8 heteroatoms. The van der Waals surface area contributed by atoms with E-state index in [0.717, 1.165) is 21.7 Å². The third-order valence-corrected chi connectivity index (χ3v) is 5.18. The van der Waals surface area contributed by atoms with Crippen LogP contribution in [0.3, 0.4) is 0 Å². The average Bonchev–Trinajstić information content (AvgIpc) is 3.09. The number of benzene rings is 2. The molecule has 1 heterocycles. The minimum absolute atomic E-state index is 0.0879. The molecule has 0 bridgehead atoms. The topological polar surface area (TPSA) is 69.0 Å². The molecule has 0 aliphatic carbocycles. The lowest BCUT2D eigenvalue weighted by atomic mass is 10.3. The van der Waals surface area contributed by atoms with Gasteiger partial charge in [-0.3, -0.25) is 4.79 Å². The first-order valence-electron chi connectivity index (χ1n) is 8.44. The average molecular weight is 447 g/mol. The Balaban J connectivity index is 1.56. The number of rotatable bonds is 8. The van der Waals surface area contributed by atoms with Crippen molar-refractivity contribution in [1.82, 2.24) is 14.8 Å². The van der Waals surface area contributed by atoms with Crippen LogP contribution in [0.2, 0.25) is 0 Å². The lowest BCUT2D eigenvalue weighted by Gasteiger charge is -2.09. The van der Waals surface area contributed by atoms with Crippen LogP contribution in [0.4, 0.5) is 5.69 Å². The van der Waals surface area contributed by atoms with E-state index in [1.54, 1.807) is 0 Å². The molecule has 0 unspecified atom stereocenters. The highest BCUT2D eigenvalue weighted by molar-refractivity contribution is 9.10. The van der Waals surface area contributed by atoms with Gasteiger partial charge in [-0.15, -0.1) is 10.2 Å². The number of anilines is 1. The number of nitrogens with one attached hydrogen (secondary N) is 1. The molecular weight excluding hydrogens is 428 g/mol. The zero-order valence-electron chi connectivity index (χ0n) is 14.8. The Kier molecular flexibility index (Phi) is 6.89. The summed E-state index contributed by atoms with van der Waals surface area (Å²) in [5.41, 5.74) is 0.762. The monoisotopic (exact) mass is 446 g/mol. The molecule has 27 heavy (non-hydrogen) atoms. The van der Waals surface area contributed by atoms with E-state index >= 15 is 0 Å². The molecule has 0 fully saturated rings. The lowest BCUT2D eigenvalue weighted by Crippen LogP contribution is -2.14. The highest BCUT2D eigenvalue weighted by Crippen LogP contribution is 2.20. The number of nitrogens with zero attached hydrogens (tertiary/aromatic N) is 3. The molecule has 0 radical (unpaired) electrons. The molecule has 0 atom stereocenters. The minimum Gasteiger partial charge on any atom is -0.486 e. The molecule has 1 N–H and O–H groups in total. The summed E-state index contributed by atoms with van der Waals surface area (Å²) in [7, 11) is 0. The normalized spacial score (nSPS) is 10.6. The number of para-hydroxylation sites is 1. The van der Waals surface area contributed by atoms with E-state index in [2.05, 4.69) is 31.4 Å². The van der Waals surface area contributed by atoms with Crippen LogP contribution >= 0.6 is 27.7 Å². The Morgan fingerprint density at radius 2 is 1.89 bits per heavy atom. The van der Waals surface area contributed by atoms with Gasteiger partial charge in [0.1, 0.15) is 12.4 Å². The third kappa shape index (κ3) is 5.58. The van der Waals surface area contributed by atoms with Crippen molar-refractivity contribution < 1.29 is 9.53 Å². The molecule has 0 saturated heterocycles. The molecule has 2 aromatic carbocycles. The summed E-state index contributed by atoms with van der Waals surface area (Å²) in [4.78, 5) is 12.2. The van der Waals surface area contributed by atoms with E-state index in [9.17, 15) is 4.79 Å². The van der Waals surface area contributed by atoms with E-state index in [-0.39, 0.29) is 11.7 Å². The summed E-state index contributed by atoms with van der Waals surface area (Å²) in [6.45, 7) is 3.05. The van der Waals surface area contributed by atoms with Crippen molar-refractivity contribution in [3.05, 3.63) is 64.9 Å². The fourth-order valence-electron chi connectivity index (χ4n) is 2.38. The zero-order chi connectivity index (χ0) is 19.1. The van der Waals surface area contributed by atoms with Gasteiger partial charge in [-0.1, -0.05) is 45.9 Å². The molecule has 1 aromatic heterocycles. The number of aromatic nitrogens is 3. The number of amides is 1. The Morgan fingerprint density at radius 1 is 1.15 bits per heavy atom. The summed E-state index contributed by atoms with van der Waals surface area (Å²) in [5.74, 6) is 1.69. The van der Waals surface area contributed by atoms with Gasteiger partial charge in [0, 0.05) is 16.7 Å². The summed E-state index contributed by atoms with van der Waals surface area (Å²) in [6, 6.07) is 17.0. The van der Waals surface area contributed by atoms with Crippen LogP contribution in [0.1, 0.15) is 12.7 Å². The van der Waals surface area contributed by atoms with Crippen LogP contribution < -0.4 is 10.1 Å². The molecule has 140 valence electrons. The number of hydrogen-bond acceptors (Lipinski definition) is 5. The van der Waals surface area contributed by atoms with Crippen LogP contribution in [0.25, 0.3) is 0 Å². The fraction of sp³-hybridized carbons (Fsp3) is 0.211. The molecule has 1 amide bonds. The Morgan fingerprint density at radius 3 is 2.59 bits per heavy atom. The molecule has 3 aromatic rings. The van der Waals surface area contributed by atoms with Gasteiger partial charge < -0.3 is 14.6 Å². The minimum atomic E-state index is -0.0879. The predicted molar refractivity (Wildman–Crippen MR) is 110 cm³/mol.